The van der Waals surface area contributed by atoms with Crippen LogP contribution in [0, 0.1) is 0 Å². The summed E-state index contributed by atoms with van der Waals surface area (Å²) in [6.07, 6.45) is 0. The molecular weight excluding hydrogens is 288 g/mol. The minimum Gasteiger partial charge on any atom is -0.398 e. The van der Waals surface area contributed by atoms with E-state index in [1.54, 1.807) is 18.2 Å². The number of rotatable bonds is 5. The molecule has 0 aliphatic rings. The number of hydrogen-bond donors (Lipinski definition) is 3. The molecular formula is C11H15BrN2O3. The topological polar surface area (TPSA) is 86.8 Å². The van der Waals surface area contributed by atoms with Gasteiger partial charge in [0, 0.05) is 28.8 Å². The van der Waals surface area contributed by atoms with Gasteiger partial charge in [-0.3, -0.25) is 4.79 Å². The Morgan fingerprint density at radius 3 is 2.35 bits per heavy atom. The van der Waals surface area contributed by atoms with Gasteiger partial charge in [-0.05, 0) is 34.1 Å². The fraction of sp³-hybridized carbons (Fsp3) is 0.364. The van der Waals surface area contributed by atoms with Crippen LogP contribution in [0.4, 0.5) is 5.69 Å². The van der Waals surface area contributed by atoms with Crippen LogP contribution < -0.4 is 5.73 Å². The van der Waals surface area contributed by atoms with Gasteiger partial charge in [-0.15, -0.1) is 0 Å². The van der Waals surface area contributed by atoms with Crippen molar-refractivity contribution >= 4 is 27.5 Å². The number of aliphatic hydroxyl groups is 2. The molecule has 1 aromatic carbocycles. The highest BCUT2D eigenvalue weighted by Gasteiger charge is 2.15. The standard InChI is InChI=1S/C11H15BrN2O3/c12-9-7-8(1-2-10(9)13)11(17)14(3-5-15)4-6-16/h1-2,7,15-16H,3-6,13H2. The van der Waals surface area contributed by atoms with Crippen LogP contribution >= 0.6 is 15.9 Å². The summed E-state index contributed by atoms with van der Waals surface area (Å²) in [4.78, 5) is 13.4. The summed E-state index contributed by atoms with van der Waals surface area (Å²) in [7, 11) is 0. The summed E-state index contributed by atoms with van der Waals surface area (Å²) in [6.45, 7) is 0.118. The predicted molar refractivity (Wildman–Crippen MR) is 68.6 cm³/mol. The summed E-state index contributed by atoms with van der Waals surface area (Å²) in [5.74, 6) is -0.242. The van der Waals surface area contributed by atoms with Crippen molar-refractivity contribution in [2.45, 2.75) is 0 Å². The van der Waals surface area contributed by atoms with Crippen LogP contribution in [0.3, 0.4) is 0 Å². The zero-order chi connectivity index (χ0) is 12.8. The highest BCUT2D eigenvalue weighted by atomic mass is 79.9. The average Bonchev–Trinajstić information content (AvgIpc) is 2.31. The first-order chi connectivity index (χ1) is 8.10. The number of nitrogen functional groups attached to an aromatic ring is 1. The number of hydrogen-bond acceptors (Lipinski definition) is 4. The number of nitrogens with zero attached hydrogens (tertiary/aromatic N) is 1. The van der Waals surface area contributed by atoms with E-state index in [1.807, 2.05) is 0 Å². The monoisotopic (exact) mass is 302 g/mol. The lowest BCUT2D eigenvalue weighted by atomic mass is 10.2. The Morgan fingerprint density at radius 2 is 1.88 bits per heavy atom. The molecule has 5 nitrogen and oxygen atoms in total. The third-order valence-electron chi connectivity index (χ3n) is 2.27. The van der Waals surface area contributed by atoms with Crippen LogP contribution in [0.2, 0.25) is 0 Å². The molecule has 0 bridgehead atoms. The molecule has 0 aliphatic carbocycles. The Hall–Kier alpha value is -1.11. The number of anilines is 1. The molecule has 0 spiro atoms. The van der Waals surface area contributed by atoms with Gasteiger partial charge >= 0.3 is 0 Å². The first kappa shape index (κ1) is 14.0. The summed E-state index contributed by atoms with van der Waals surface area (Å²) >= 11 is 3.25. The van der Waals surface area contributed by atoms with E-state index in [1.165, 1.54) is 4.90 Å². The van der Waals surface area contributed by atoms with Gasteiger partial charge in [0.05, 0.1) is 13.2 Å². The van der Waals surface area contributed by atoms with E-state index in [9.17, 15) is 4.79 Å². The quantitative estimate of drug-likeness (QED) is 0.690. The van der Waals surface area contributed by atoms with E-state index in [0.29, 0.717) is 15.7 Å². The fourth-order valence-corrected chi connectivity index (χ4v) is 1.78. The van der Waals surface area contributed by atoms with Gasteiger partial charge in [-0.25, -0.2) is 0 Å². The zero-order valence-corrected chi connectivity index (χ0v) is 10.9. The number of aliphatic hydroxyl groups excluding tert-OH is 2. The number of nitrogens with two attached hydrogens (primary N) is 1. The molecule has 1 rings (SSSR count). The molecule has 0 atom stereocenters. The Labute approximate surface area is 108 Å². The molecule has 0 heterocycles. The Balaban J connectivity index is 2.88. The number of amides is 1. The molecule has 0 saturated carbocycles. The number of carbonyl (C=O) groups excluding carboxylic acids is 1. The van der Waals surface area contributed by atoms with Gasteiger partial charge in [-0.1, -0.05) is 0 Å². The maximum atomic E-state index is 12.0. The predicted octanol–water partition coefficient (Wildman–Crippen LogP) is 0.458. The highest BCUT2D eigenvalue weighted by molar-refractivity contribution is 9.10. The van der Waals surface area contributed by atoms with Crippen LogP contribution in [-0.2, 0) is 0 Å². The molecule has 0 aromatic heterocycles. The van der Waals surface area contributed by atoms with Gasteiger partial charge < -0.3 is 20.8 Å². The van der Waals surface area contributed by atoms with Crippen LogP contribution in [0.25, 0.3) is 0 Å². The number of halogens is 1. The van der Waals surface area contributed by atoms with E-state index in [0.717, 1.165) is 0 Å². The van der Waals surface area contributed by atoms with Crippen LogP contribution in [0.5, 0.6) is 0 Å². The minimum atomic E-state index is -0.242. The Kier molecular flexibility index (Phi) is 5.40. The number of benzene rings is 1. The van der Waals surface area contributed by atoms with Gasteiger partial charge in [-0.2, -0.15) is 0 Å². The minimum absolute atomic E-state index is 0.137. The van der Waals surface area contributed by atoms with Gasteiger partial charge in [0.1, 0.15) is 0 Å². The normalized spacial score (nSPS) is 10.3. The van der Waals surface area contributed by atoms with Crippen LogP contribution in [0.1, 0.15) is 10.4 Å². The van der Waals surface area contributed by atoms with E-state index < -0.39 is 0 Å². The molecule has 17 heavy (non-hydrogen) atoms. The summed E-state index contributed by atoms with van der Waals surface area (Å²) in [5.41, 5.74) is 6.65. The van der Waals surface area contributed by atoms with Crippen molar-refractivity contribution in [3.05, 3.63) is 28.2 Å². The third kappa shape index (κ3) is 3.69. The van der Waals surface area contributed by atoms with E-state index >= 15 is 0 Å². The number of carbonyl (C=O) groups is 1. The zero-order valence-electron chi connectivity index (χ0n) is 9.27. The molecule has 1 amide bonds. The molecule has 94 valence electrons. The molecule has 0 radical (unpaired) electrons. The van der Waals surface area contributed by atoms with Crippen LogP contribution in [0.15, 0.2) is 22.7 Å². The second-order valence-corrected chi connectivity index (χ2v) is 4.33. The largest absolute Gasteiger partial charge is 0.398 e. The van der Waals surface area contributed by atoms with Crippen molar-refractivity contribution < 1.29 is 15.0 Å². The van der Waals surface area contributed by atoms with Gasteiger partial charge in [0.2, 0.25) is 0 Å². The van der Waals surface area contributed by atoms with E-state index in [-0.39, 0.29) is 32.2 Å². The van der Waals surface area contributed by atoms with E-state index in [2.05, 4.69) is 15.9 Å². The third-order valence-corrected chi connectivity index (χ3v) is 2.96. The Bertz CT molecular complexity index is 392. The Morgan fingerprint density at radius 1 is 1.29 bits per heavy atom. The van der Waals surface area contributed by atoms with Crippen molar-refractivity contribution in [3.8, 4) is 0 Å². The average molecular weight is 303 g/mol. The summed E-state index contributed by atoms with van der Waals surface area (Å²) in [6, 6.07) is 4.87. The molecule has 0 saturated heterocycles. The smallest absolute Gasteiger partial charge is 0.254 e. The lowest BCUT2D eigenvalue weighted by Gasteiger charge is -2.20. The summed E-state index contributed by atoms with van der Waals surface area (Å²) < 4.78 is 0.649. The molecule has 0 aliphatic heterocycles. The molecule has 0 unspecified atom stereocenters. The van der Waals surface area contributed by atoms with Crippen LogP contribution in [-0.4, -0.2) is 47.3 Å². The highest BCUT2D eigenvalue weighted by Crippen LogP contribution is 2.21. The second kappa shape index (κ2) is 6.58. The second-order valence-electron chi connectivity index (χ2n) is 3.48. The van der Waals surface area contributed by atoms with Gasteiger partial charge in [0.25, 0.3) is 5.91 Å². The summed E-state index contributed by atoms with van der Waals surface area (Å²) in [5, 5.41) is 17.7. The maximum Gasteiger partial charge on any atom is 0.254 e. The van der Waals surface area contributed by atoms with Crippen molar-refractivity contribution in [3.63, 3.8) is 0 Å². The maximum absolute atomic E-state index is 12.0. The first-order valence-electron chi connectivity index (χ1n) is 5.16. The molecule has 1 aromatic rings. The fourth-order valence-electron chi connectivity index (χ4n) is 1.40. The van der Waals surface area contributed by atoms with Crippen molar-refractivity contribution in [1.29, 1.82) is 0 Å². The van der Waals surface area contributed by atoms with Crippen molar-refractivity contribution in [2.75, 3.05) is 32.0 Å². The lowest BCUT2D eigenvalue weighted by molar-refractivity contribution is 0.0685. The SMILES string of the molecule is Nc1ccc(C(=O)N(CCO)CCO)cc1Br. The molecule has 6 heteroatoms. The van der Waals surface area contributed by atoms with Gasteiger partial charge in [0.15, 0.2) is 0 Å². The van der Waals surface area contributed by atoms with Crippen molar-refractivity contribution in [2.24, 2.45) is 0 Å². The van der Waals surface area contributed by atoms with Crippen molar-refractivity contribution in [1.82, 2.24) is 4.90 Å². The molecule has 4 N–H and O–H groups in total. The molecule has 0 fully saturated rings. The first-order valence-corrected chi connectivity index (χ1v) is 5.95. The van der Waals surface area contributed by atoms with E-state index in [4.69, 9.17) is 15.9 Å². The lowest BCUT2D eigenvalue weighted by Crippen LogP contribution is -2.35.